The average molecular weight is 407 g/mol. The lowest BCUT2D eigenvalue weighted by atomic mass is 10.1. The van der Waals surface area contributed by atoms with E-state index >= 15 is 0 Å². The molecule has 27 heavy (non-hydrogen) atoms. The monoisotopic (exact) mass is 406 g/mol. The molecule has 2 aromatic rings. The number of hydrogen-bond donors (Lipinski definition) is 3. The van der Waals surface area contributed by atoms with E-state index in [9.17, 15) is 14.4 Å². The molecule has 3 rings (SSSR count). The van der Waals surface area contributed by atoms with Crippen LogP contribution < -0.4 is 16.0 Å². The zero-order chi connectivity index (χ0) is 19.2. The van der Waals surface area contributed by atoms with Gasteiger partial charge in [-0.3, -0.25) is 14.4 Å². The lowest BCUT2D eigenvalue weighted by Gasteiger charge is -2.08. The summed E-state index contributed by atoms with van der Waals surface area (Å²) in [6.45, 7) is 0.523. The smallest absolute Gasteiger partial charge is 0.248 e. The number of aromatic nitrogens is 1. The van der Waals surface area contributed by atoms with E-state index in [4.69, 9.17) is 11.6 Å². The molecule has 142 valence electrons. The standard InChI is InChI=1S/C18H19ClN4O3S/c19-12-3-1-11(2-4-12)7-8-20-16(25)9-13-10-27-18(21-13)23-17(26)14-5-6-15(24)22-14/h1-4,10,14H,5-9H2,(H,20,25)(H,22,24)(H,21,23,26). The highest BCUT2D eigenvalue weighted by molar-refractivity contribution is 7.13. The normalized spacial score (nSPS) is 16.0. The van der Waals surface area contributed by atoms with Crippen molar-refractivity contribution in [1.29, 1.82) is 0 Å². The summed E-state index contributed by atoms with van der Waals surface area (Å²) in [4.78, 5) is 39.5. The first-order valence-electron chi connectivity index (χ1n) is 8.55. The van der Waals surface area contributed by atoms with Crippen LogP contribution >= 0.6 is 22.9 Å². The molecule has 1 saturated heterocycles. The first-order valence-corrected chi connectivity index (χ1v) is 9.81. The summed E-state index contributed by atoms with van der Waals surface area (Å²) < 4.78 is 0. The molecule has 1 unspecified atom stereocenters. The predicted octanol–water partition coefficient (Wildman–Crippen LogP) is 1.91. The van der Waals surface area contributed by atoms with Gasteiger partial charge in [0.2, 0.25) is 17.7 Å². The molecule has 7 nitrogen and oxygen atoms in total. The second kappa shape index (κ2) is 8.96. The van der Waals surface area contributed by atoms with Gasteiger partial charge in [-0.05, 0) is 30.5 Å². The largest absolute Gasteiger partial charge is 0.355 e. The minimum absolute atomic E-state index is 0.120. The molecule has 1 aliphatic rings. The molecule has 1 aliphatic heterocycles. The second-order valence-corrected chi connectivity index (χ2v) is 7.49. The van der Waals surface area contributed by atoms with Gasteiger partial charge in [0, 0.05) is 23.4 Å². The molecule has 9 heteroatoms. The Morgan fingerprint density at radius 2 is 2.07 bits per heavy atom. The zero-order valence-corrected chi connectivity index (χ0v) is 16.0. The van der Waals surface area contributed by atoms with Crippen LogP contribution in [0.1, 0.15) is 24.1 Å². The molecule has 0 saturated carbocycles. The van der Waals surface area contributed by atoms with Gasteiger partial charge in [-0.2, -0.15) is 0 Å². The van der Waals surface area contributed by atoms with Gasteiger partial charge in [-0.1, -0.05) is 23.7 Å². The lowest BCUT2D eigenvalue weighted by molar-refractivity contribution is -0.122. The number of carbonyl (C=O) groups is 3. The molecule has 1 fully saturated rings. The third-order valence-corrected chi connectivity index (χ3v) is 5.14. The van der Waals surface area contributed by atoms with Crippen molar-refractivity contribution in [3.8, 4) is 0 Å². The first-order chi connectivity index (χ1) is 13.0. The van der Waals surface area contributed by atoms with Crippen molar-refractivity contribution in [2.24, 2.45) is 0 Å². The fourth-order valence-electron chi connectivity index (χ4n) is 2.67. The van der Waals surface area contributed by atoms with Crippen LogP contribution in [0.2, 0.25) is 5.02 Å². The maximum absolute atomic E-state index is 12.0. The number of nitrogens with one attached hydrogen (secondary N) is 3. The van der Waals surface area contributed by atoms with Crippen LogP contribution in [-0.2, 0) is 27.2 Å². The van der Waals surface area contributed by atoms with Crippen molar-refractivity contribution >= 4 is 45.8 Å². The van der Waals surface area contributed by atoms with Gasteiger partial charge in [0.15, 0.2) is 5.13 Å². The van der Waals surface area contributed by atoms with Gasteiger partial charge < -0.3 is 16.0 Å². The van der Waals surface area contributed by atoms with Crippen LogP contribution in [0.5, 0.6) is 0 Å². The van der Waals surface area contributed by atoms with E-state index in [1.807, 2.05) is 24.3 Å². The van der Waals surface area contributed by atoms with Crippen LogP contribution in [0.15, 0.2) is 29.6 Å². The quantitative estimate of drug-likeness (QED) is 0.653. The summed E-state index contributed by atoms with van der Waals surface area (Å²) in [5.41, 5.74) is 1.69. The minimum atomic E-state index is -0.513. The van der Waals surface area contributed by atoms with Gasteiger partial charge in [-0.25, -0.2) is 4.98 Å². The second-order valence-electron chi connectivity index (χ2n) is 6.20. The van der Waals surface area contributed by atoms with Crippen molar-refractivity contribution in [2.75, 3.05) is 11.9 Å². The maximum atomic E-state index is 12.0. The van der Waals surface area contributed by atoms with Crippen LogP contribution in [0.3, 0.4) is 0 Å². The summed E-state index contributed by atoms with van der Waals surface area (Å²) >= 11 is 7.10. The van der Waals surface area contributed by atoms with E-state index in [0.29, 0.717) is 41.7 Å². The molecule has 0 bridgehead atoms. The fourth-order valence-corrected chi connectivity index (χ4v) is 3.51. The molecule has 1 atom stereocenters. The number of hydrogen-bond acceptors (Lipinski definition) is 5. The molecule has 3 N–H and O–H groups in total. The number of nitrogens with zero attached hydrogens (tertiary/aromatic N) is 1. The Kier molecular flexibility index (Phi) is 6.41. The molecule has 1 aromatic heterocycles. The van der Waals surface area contributed by atoms with Crippen molar-refractivity contribution in [3.63, 3.8) is 0 Å². The molecule has 0 aliphatic carbocycles. The molecule has 3 amide bonds. The van der Waals surface area contributed by atoms with Crippen molar-refractivity contribution in [1.82, 2.24) is 15.6 Å². The van der Waals surface area contributed by atoms with E-state index in [0.717, 1.165) is 5.56 Å². The van der Waals surface area contributed by atoms with Gasteiger partial charge in [-0.15, -0.1) is 11.3 Å². The van der Waals surface area contributed by atoms with E-state index in [1.165, 1.54) is 11.3 Å². The highest BCUT2D eigenvalue weighted by Crippen LogP contribution is 2.17. The number of benzene rings is 1. The highest BCUT2D eigenvalue weighted by Gasteiger charge is 2.27. The summed E-state index contributed by atoms with van der Waals surface area (Å²) in [6.07, 6.45) is 1.71. The molecule has 0 radical (unpaired) electrons. The SMILES string of the molecule is O=C(Cc1csc(NC(=O)C2CCC(=O)N2)n1)NCCc1ccc(Cl)cc1. The Bertz CT molecular complexity index is 837. The van der Waals surface area contributed by atoms with Crippen LogP contribution in [0.4, 0.5) is 5.13 Å². The Hall–Kier alpha value is -2.45. The van der Waals surface area contributed by atoms with Gasteiger partial charge >= 0.3 is 0 Å². The Morgan fingerprint density at radius 1 is 1.30 bits per heavy atom. The fraction of sp³-hybridized carbons (Fsp3) is 0.333. The zero-order valence-electron chi connectivity index (χ0n) is 14.5. The summed E-state index contributed by atoms with van der Waals surface area (Å²) in [6, 6.07) is 6.98. The molecule has 0 spiro atoms. The van der Waals surface area contributed by atoms with Gasteiger partial charge in [0.05, 0.1) is 12.1 Å². The van der Waals surface area contributed by atoms with E-state index in [2.05, 4.69) is 20.9 Å². The van der Waals surface area contributed by atoms with Crippen LogP contribution in [-0.4, -0.2) is 35.3 Å². The maximum Gasteiger partial charge on any atom is 0.248 e. The number of anilines is 1. The van der Waals surface area contributed by atoms with Gasteiger partial charge in [0.1, 0.15) is 6.04 Å². The summed E-state index contributed by atoms with van der Waals surface area (Å²) in [7, 11) is 0. The van der Waals surface area contributed by atoms with Crippen LogP contribution in [0.25, 0.3) is 0 Å². The highest BCUT2D eigenvalue weighted by atomic mass is 35.5. The number of amides is 3. The van der Waals surface area contributed by atoms with Crippen molar-refractivity contribution in [2.45, 2.75) is 31.7 Å². The number of rotatable bonds is 7. The summed E-state index contributed by atoms with van der Waals surface area (Å²) in [5, 5.41) is 11.0. The number of halogens is 1. The van der Waals surface area contributed by atoms with Crippen molar-refractivity contribution < 1.29 is 14.4 Å². The Labute approximate surface area is 165 Å². The summed E-state index contributed by atoms with van der Waals surface area (Å²) in [5.74, 6) is -0.533. The van der Waals surface area contributed by atoms with Crippen molar-refractivity contribution in [3.05, 3.63) is 45.9 Å². The molecule has 1 aromatic carbocycles. The average Bonchev–Trinajstić information content (AvgIpc) is 3.25. The van der Waals surface area contributed by atoms with E-state index in [1.54, 1.807) is 5.38 Å². The third-order valence-electron chi connectivity index (χ3n) is 4.08. The number of carbonyl (C=O) groups excluding carboxylic acids is 3. The molecular weight excluding hydrogens is 388 g/mol. The third kappa shape index (κ3) is 5.77. The van der Waals surface area contributed by atoms with E-state index < -0.39 is 6.04 Å². The topological polar surface area (TPSA) is 100 Å². The predicted molar refractivity (Wildman–Crippen MR) is 104 cm³/mol. The number of thiazole rings is 1. The van der Waals surface area contributed by atoms with E-state index in [-0.39, 0.29) is 24.1 Å². The Balaban J connectivity index is 1.41. The minimum Gasteiger partial charge on any atom is -0.355 e. The van der Waals surface area contributed by atoms with Gasteiger partial charge in [0.25, 0.3) is 0 Å². The lowest BCUT2D eigenvalue weighted by Crippen LogP contribution is -2.37. The Morgan fingerprint density at radius 3 is 2.78 bits per heavy atom. The first kappa shape index (κ1) is 19.3. The molecular formula is C18H19ClN4O3S. The molecule has 2 heterocycles. The van der Waals surface area contributed by atoms with Crippen LogP contribution in [0, 0.1) is 0 Å².